The van der Waals surface area contributed by atoms with Crippen molar-refractivity contribution >= 4 is 10.8 Å². The van der Waals surface area contributed by atoms with E-state index in [-0.39, 0.29) is 5.82 Å². The highest BCUT2D eigenvalue weighted by Gasteiger charge is 2.04. The maximum Gasteiger partial charge on any atom is 0.124 e. The second kappa shape index (κ2) is 6.31. The standard InChI is InChI=1S/C11H12FNOS/c12-10-5-4-6-11(9-10)15(14)8-3-1-2-7-13/h4-6,9H,1-3,8H2. The summed E-state index contributed by atoms with van der Waals surface area (Å²) in [6, 6.07) is 7.86. The third-order valence-electron chi connectivity index (χ3n) is 1.93. The Bertz CT molecular complexity index is 386. The van der Waals surface area contributed by atoms with Crippen LogP contribution in [-0.4, -0.2) is 9.96 Å². The minimum atomic E-state index is -1.15. The molecule has 1 aromatic carbocycles. The van der Waals surface area contributed by atoms with Gasteiger partial charge in [-0.2, -0.15) is 5.26 Å². The monoisotopic (exact) mass is 225 g/mol. The van der Waals surface area contributed by atoms with Crippen LogP contribution in [0.1, 0.15) is 19.3 Å². The van der Waals surface area contributed by atoms with Gasteiger partial charge in [0.05, 0.1) is 16.9 Å². The SMILES string of the molecule is N#CCCCCS(=O)c1cccc(F)c1. The summed E-state index contributed by atoms with van der Waals surface area (Å²) in [6.45, 7) is 0. The molecule has 0 amide bonds. The molecular formula is C11H12FNOS. The van der Waals surface area contributed by atoms with E-state index in [1.54, 1.807) is 12.1 Å². The average Bonchev–Trinajstić information content (AvgIpc) is 2.24. The molecule has 0 heterocycles. The van der Waals surface area contributed by atoms with Crippen LogP contribution in [0.25, 0.3) is 0 Å². The number of benzene rings is 1. The van der Waals surface area contributed by atoms with Crippen molar-refractivity contribution in [2.45, 2.75) is 24.2 Å². The zero-order valence-electron chi connectivity index (χ0n) is 8.28. The van der Waals surface area contributed by atoms with Crippen molar-refractivity contribution < 1.29 is 8.60 Å². The van der Waals surface area contributed by atoms with E-state index in [0.717, 1.165) is 12.8 Å². The average molecular weight is 225 g/mol. The molecule has 0 aliphatic carbocycles. The fourth-order valence-electron chi connectivity index (χ4n) is 1.16. The van der Waals surface area contributed by atoms with Crippen LogP contribution in [0.5, 0.6) is 0 Å². The van der Waals surface area contributed by atoms with Gasteiger partial charge in [-0.3, -0.25) is 4.21 Å². The van der Waals surface area contributed by atoms with Crippen LogP contribution in [0.3, 0.4) is 0 Å². The van der Waals surface area contributed by atoms with Gasteiger partial charge in [0.1, 0.15) is 5.82 Å². The fraction of sp³-hybridized carbons (Fsp3) is 0.364. The molecule has 0 aliphatic rings. The van der Waals surface area contributed by atoms with Gasteiger partial charge in [-0.15, -0.1) is 0 Å². The molecule has 1 atom stereocenters. The Kier molecular flexibility index (Phi) is 4.99. The molecular weight excluding hydrogens is 213 g/mol. The van der Waals surface area contributed by atoms with Crippen molar-refractivity contribution in [3.63, 3.8) is 0 Å². The van der Waals surface area contributed by atoms with Crippen molar-refractivity contribution in [2.24, 2.45) is 0 Å². The summed E-state index contributed by atoms with van der Waals surface area (Å²) in [7, 11) is -1.15. The lowest BCUT2D eigenvalue weighted by molar-refractivity contribution is 0.622. The van der Waals surface area contributed by atoms with Crippen LogP contribution in [0.4, 0.5) is 4.39 Å². The minimum Gasteiger partial charge on any atom is -0.254 e. The summed E-state index contributed by atoms with van der Waals surface area (Å²) in [6.07, 6.45) is 1.97. The molecule has 4 heteroatoms. The van der Waals surface area contributed by atoms with Crippen molar-refractivity contribution in [3.8, 4) is 6.07 Å². The molecule has 0 fully saturated rings. The smallest absolute Gasteiger partial charge is 0.124 e. The molecule has 0 saturated heterocycles. The molecule has 15 heavy (non-hydrogen) atoms. The molecule has 0 aromatic heterocycles. The molecule has 0 saturated carbocycles. The first-order chi connectivity index (χ1) is 7.24. The molecule has 0 N–H and O–H groups in total. The lowest BCUT2D eigenvalue weighted by atomic mass is 10.3. The maximum absolute atomic E-state index is 12.8. The number of hydrogen-bond donors (Lipinski definition) is 0. The highest BCUT2D eigenvalue weighted by molar-refractivity contribution is 7.85. The predicted molar refractivity (Wildman–Crippen MR) is 57.1 cm³/mol. The third kappa shape index (κ3) is 4.22. The summed E-state index contributed by atoms with van der Waals surface area (Å²) >= 11 is 0. The Balaban J connectivity index is 2.44. The highest BCUT2D eigenvalue weighted by Crippen LogP contribution is 2.10. The van der Waals surface area contributed by atoms with Crippen molar-refractivity contribution in [1.82, 2.24) is 0 Å². The topological polar surface area (TPSA) is 40.9 Å². The molecule has 1 aromatic rings. The lowest BCUT2D eigenvalue weighted by Gasteiger charge is -2.01. The van der Waals surface area contributed by atoms with E-state index in [2.05, 4.69) is 0 Å². The molecule has 2 nitrogen and oxygen atoms in total. The largest absolute Gasteiger partial charge is 0.254 e. The number of hydrogen-bond acceptors (Lipinski definition) is 2. The van der Waals surface area contributed by atoms with E-state index in [4.69, 9.17) is 5.26 Å². The normalized spacial score (nSPS) is 12.0. The first-order valence-corrected chi connectivity index (χ1v) is 6.07. The van der Waals surface area contributed by atoms with E-state index in [1.165, 1.54) is 12.1 Å². The predicted octanol–water partition coefficient (Wildman–Crippen LogP) is 2.63. The van der Waals surface area contributed by atoms with Crippen molar-refractivity contribution in [1.29, 1.82) is 5.26 Å². The zero-order chi connectivity index (χ0) is 11.1. The highest BCUT2D eigenvalue weighted by atomic mass is 32.2. The van der Waals surface area contributed by atoms with Crippen molar-refractivity contribution in [3.05, 3.63) is 30.1 Å². The van der Waals surface area contributed by atoms with Gasteiger partial charge in [-0.05, 0) is 31.0 Å². The van der Waals surface area contributed by atoms with Crippen molar-refractivity contribution in [2.75, 3.05) is 5.75 Å². The van der Waals surface area contributed by atoms with Crippen LogP contribution >= 0.6 is 0 Å². The number of unbranched alkanes of at least 4 members (excludes halogenated alkanes) is 2. The van der Waals surface area contributed by atoms with Gasteiger partial charge in [0.2, 0.25) is 0 Å². The van der Waals surface area contributed by atoms with E-state index in [0.29, 0.717) is 17.1 Å². The van der Waals surface area contributed by atoms with Crippen LogP contribution in [0.15, 0.2) is 29.2 Å². The Labute approximate surface area is 91.2 Å². The van der Waals surface area contributed by atoms with E-state index in [1.807, 2.05) is 6.07 Å². The summed E-state index contributed by atoms with van der Waals surface area (Å²) < 4.78 is 24.4. The summed E-state index contributed by atoms with van der Waals surface area (Å²) in [5, 5.41) is 8.31. The lowest BCUT2D eigenvalue weighted by Crippen LogP contribution is -1.98. The van der Waals surface area contributed by atoms with Gasteiger partial charge in [0.15, 0.2) is 0 Å². The minimum absolute atomic E-state index is 0.363. The quantitative estimate of drug-likeness (QED) is 0.723. The van der Waals surface area contributed by atoms with Gasteiger partial charge < -0.3 is 0 Å². The Hall–Kier alpha value is -1.21. The second-order valence-electron chi connectivity index (χ2n) is 3.12. The Morgan fingerprint density at radius 1 is 1.40 bits per heavy atom. The molecule has 80 valence electrons. The van der Waals surface area contributed by atoms with Gasteiger partial charge in [-0.1, -0.05) is 6.07 Å². The Morgan fingerprint density at radius 3 is 2.87 bits per heavy atom. The van der Waals surface area contributed by atoms with Gasteiger partial charge in [-0.25, -0.2) is 4.39 Å². The zero-order valence-corrected chi connectivity index (χ0v) is 9.10. The first-order valence-electron chi connectivity index (χ1n) is 4.75. The summed E-state index contributed by atoms with van der Waals surface area (Å²) in [5.74, 6) is 0.128. The fourth-order valence-corrected chi connectivity index (χ4v) is 2.34. The van der Waals surface area contributed by atoms with Crippen LogP contribution in [0, 0.1) is 17.1 Å². The molecule has 0 spiro atoms. The van der Waals surface area contributed by atoms with Crippen LogP contribution in [0.2, 0.25) is 0 Å². The van der Waals surface area contributed by atoms with Crippen LogP contribution in [-0.2, 0) is 10.8 Å². The first kappa shape index (κ1) is 11.9. The second-order valence-corrected chi connectivity index (χ2v) is 4.69. The van der Waals surface area contributed by atoms with Gasteiger partial charge in [0.25, 0.3) is 0 Å². The number of nitriles is 1. The molecule has 0 aliphatic heterocycles. The van der Waals surface area contributed by atoms with E-state index in [9.17, 15) is 8.60 Å². The van der Waals surface area contributed by atoms with Crippen LogP contribution < -0.4 is 0 Å². The molecule has 0 radical (unpaired) electrons. The molecule has 0 bridgehead atoms. The van der Waals surface area contributed by atoms with Gasteiger partial charge in [0, 0.05) is 17.1 Å². The molecule has 1 rings (SSSR count). The summed E-state index contributed by atoms with van der Waals surface area (Å²) in [5.41, 5.74) is 0. The summed E-state index contributed by atoms with van der Waals surface area (Å²) in [4.78, 5) is 0.520. The molecule has 1 unspecified atom stereocenters. The van der Waals surface area contributed by atoms with Gasteiger partial charge >= 0.3 is 0 Å². The number of nitrogens with zero attached hydrogens (tertiary/aromatic N) is 1. The number of rotatable bonds is 5. The Morgan fingerprint density at radius 2 is 2.20 bits per heavy atom. The van der Waals surface area contributed by atoms with E-state index < -0.39 is 10.8 Å². The van der Waals surface area contributed by atoms with E-state index >= 15 is 0 Å². The maximum atomic E-state index is 12.8. The number of halogens is 1. The third-order valence-corrected chi connectivity index (χ3v) is 3.37.